The lowest BCUT2D eigenvalue weighted by molar-refractivity contribution is -0.119. The van der Waals surface area contributed by atoms with Crippen LogP contribution in [0.4, 0.5) is 0 Å². The van der Waals surface area contributed by atoms with E-state index in [1.807, 2.05) is 31.2 Å². The summed E-state index contributed by atoms with van der Waals surface area (Å²) >= 11 is 0. The van der Waals surface area contributed by atoms with Crippen molar-refractivity contribution in [3.05, 3.63) is 48.0 Å². The number of hydrogen-bond acceptors (Lipinski definition) is 2. The van der Waals surface area contributed by atoms with Crippen molar-refractivity contribution in [2.45, 2.75) is 51.2 Å². The normalized spacial score (nSPS) is 19.9. The zero-order chi connectivity index (χ0) is 16.5. The van der Waals surface area contributed by atoms with E-state index in [0.717, 1.165) is 19.3 Å². The van der Waals surface area contributed by atoms with Gasteiger partial charge in [-0.05, 0) is 24.3 Å². The lowest BCUT2D eigenvalue weighted by Gasteiger charge is -2.13. The summed E-state index contributed by atoms with van der Waals surface area (Å²) in [4.78, 5) is 11.1. The van der Waals surface area contributed by atoms with Gasteiger partial charge < -0.3 is 10.4 Å². The summed E-state index contributed by atoms with van der Waals surface area (Å²) in [5.74, 6) is 6.52. The van der Waals surface area contributed by atoms with E-state index >= 15 is 0 Å². The number of carbonyl (C=O) groups is 1. The molecule has 1 heterocycles. The van der Waals surface area contributed by atoms with E-state index in [4.69, 9.17) is 0 Å². The standard InChI is InChI=1S/C20H25NO2/c1-16(19(22)14-12-18-13-15-20(23)21-18)8-4-2-5-9-17-10-6-3-7-11-17/h3,6-7,10-12,14,16,18-19,22H,5,8-9,13,15H2,1H3,(H,21,23)/b14-12+/t16-,18-,19+/m0/s1. The molecule has 2 rings (SSSR count). The van der Waals surface area contributed by atoms with Crippen molar-refractivity contribution in [1.29, 1.82) is 0 Å². The predicted octanol–water partition coefficient (Wildman–Crippen LogP) is 2.84. The van der Waals surface area contributed by atoms with Crippen LogP contribution in [-0.2, 0) is 11.2 Å². The number of hydrogen-bond donors (Lipinski definition) is 2. The van der Waals surface area contributed by atoms with Gasteiger partial charge in [0.25, 0.3) is 0 Å². The molecular weight excluding hydrogens is 286 g/mol. The molecule has 1 aliphatic heterocycles. The molecule has 3 heteroatoms. The van der Waals surface area contributed by atoms with Gasteiger partial charge in [-0.1, -0.05) is 49.4 Å². The molecule has 1 saturated heterocycles. The molecule has 1 fully saturated rings. The van der Waals surface area contributed by atoms with Crippen LogP contribution in [0.25, 0.3) is 0 Å². The van der Waals surface area contributed by atoms with Gasteiger partial charge in [0.15, 0.2) is 0 Å². The third-order valence-electron chi connectivity index (χ3n) is 4.08. The molecule has 0 aliphatic carbocycles. The maximum Gasteiger partial charge on any atom is 0.220 e. The largest absolute Gasteiger partial charge is 0.389 e. The van der Waals surface area contributed by atoms with E-state index in [0.29, 0.717) is 12.8 Å². The summed E-state index contributed by atoms with van der Waals surface area (Å²) < 4.78 is 0. The second-order valence-corrected chi connectivity index (χ2v) is 6.11. The highest BCUT2D eigenvalue weighted by atomic mass is 16.3. The van der Waals surface area contributed by atoms with E-state index in [1.54, 1.807) is 6.08 Å². The topological polar surface area (TPSA) is 49.3 Å². The van der Waals surface area contributed by atoms with Gasteiger partial charge in [-0.25, -0.2) is 0 Å². The van der Waals surface area contributed by atoms with Crippen LogP contribution in [0.1, 0.15) is 38.2 Å². The van der Waals surface area contributed by atoms with Crippen LogP contribution in [0.15, 0.2) is 42.5 Å². The summed E-state index contributed by atoms with van der Waals surface area (Å²) in [7, 11) is 0. The van der Waals surface area contributed by atoms with Crippen LogP contribution in [0.5, 0.6) is 0 Å². The molecule has 0 bridgehead atoms. The average Bonchev–Trinajstić information content (AvgIpc) is 2.98. The van der Waals surface area contributed by atoms with Gasteiger partial charge in [-0.3, -0.25) is 4.79 Å². The van der Waals surface area contributed by atoms with Gasteiger partial charge in [0.1, 0.15) is 0 Å². The molecule has 122 valence electrons. The average molecular weight is 311 g/mol. The van der Waals surface area contributed by atoms with E-state index in [2.05, 4.69) is 29.3 Å². The summed E-state index contributed by atoms with van der Waals surface area (Å²) in [5.41, 5.74) is 1.30. The minimum absolute atomic E-state index is 0.0707. The summed E-state index contributed by atoms with van der Waals surface area (Å²) in [6.07, 6.45) is 7.04. The molecule has 0 saturated carbocycles. The first-order chi connectivity index (χ1) is 11.1. The number of aliphatic hydroxyl groups is 1. The van der Waals surface area contributed by atoms with Crippen LogP contribution >= 0.6 is 0 Å². The minimum Gasteiger partial charge on any atom is -0.389 e. The Hall–Kier alpha value is -2.05. The summed E-state index contributed by atoms with van der Waals surface area (Å²) in [6, 6.07) is 10.4. The van der Waals surface area contributed by atoms with E-state index in [1.165, 1.54) is 5.56 Å². The molecular formula is C20H25NO2. The predicted molar refractivity (Wildman–Crippen MR) is 92.6 cm³/mol. The number of amides is 1. The Morgan fingerprint density at radius 3 is 2.83 bits per heavy atom. The van der Waals surface area contributed by atoms with Crippen molar-refractivity contribution >= 4 is 5.91 Å². The highest BCUT2D eigenvalue weighted by Crippen LogP contribution is 2.12. The van der Waals surface area contributed by atoms with E-state index in [-0.39, 0.29) is 17.9 Å². The van der Waals surface area contributed by atoms with Gasteiger partial charge in [-0.15, -0.1) is 11.8 Å². The molecule has 23 heavy (non-hydrogen) atoms. The number of benzene rings is 1. The van der Waals surface area contributed by atoms with Crippen LogP contribution in [0.3, 0.4) is 0 Å². The van der Waals surface area contributed by atoms with Crippen molar-refractivity contribution in [2.24, 2.45) is 5.92 Å². The van der Waals surface area contributed by atoms with Crippen molar-refractivity contribution in [3.63, 3.8) is 0 Å². The number of rotatable bonds is 6. The van der Waals surface area contributed by atoms with Gasteiger partial charge in [0.05, 0.1) is 6.10 Å². The first-order valence-corrected chi connectivity index (χ1v) is 8.30. The fraction of sp³-hybridized carbons (Fsp3) is 0.450. The molecule has 1 aromatic carbocycles. The molecule has 3 atom stereocenters. The first kappa shape index (κ1) is 17.3. The molecule has 1 aromatic rings. The molecule has 0 spiro atoms. The van der Waals surface area contributed by atoms with Gasteiger partial charge in [-0.2, -0.15) is 0 Å². The number of aryl methyl sites for hydroxylation is 1. The quantitative estimate of drug-likeness (QED) is 0.627. The Kier molecular flexibility index (Phi) is 6.90. The fourth-order valence-corrected chi connectivity index (χ4v) is 2.51. The van der Waals surface area contributed by atoms with Crippen molar-refractivity contribution in [1.82, 2.24) is 5.32 Å². The zero-order valence-corrected chi connectivity index (χ0v) is 13.7. The lowest BCUT2D eigenvalue weighted by atomic mass is 10.00. The third kappa shape index (κ3) is 6.30. The van der Waals surface area contributed by atoms with Gasteiger partial charge in [0.2, 0.25) is 5.91 Å². The Morgan fingerprint density at radius 1 is 1.35 bits per heavy atom. The van der Waals surface area contributed by atoms with Gasteiger partial charge in [0, 0.05) is 25.3 Å². The zero-order valence-electron chi connectivity index (χ0n) is 13.7. The van der Waals surface area contributed by atoms with Crippen molar-refractivity contribution < 1.29 is 9.90 Å². The van der Waals surface area contributed by atoms with E-state index < -0.39 is 6.10 Å². The molecule has 1 aliphatic rings. The molecule has 0 radical (unpaired) electrons. The lowest BCUT2D eigenvalue weighted by Crippen LogP contribution is -2.24. The Balaban J connectivity index is 1.67. The van der Waals surface area contributed by atoms with Crippen LogP contribution < -0.4 is 5.32 Å². The smallest absolute Gasteiger partial charge is 0.220 e. The van der Waals surface area contributed by atoms with E-state index in [9.17, 15) is 9.90 Å². The molecule has 0 aromatic heterocycles. The number of nitrogens with one attached hydrogen (secondary N) is 1. The molecule has 0 unspecified atom stereocenters. The highest BCUT2D eigenvalue weighted by Gasteiger charge is 2.18. The molecule has 2 N–H and O–H groups in total. The third-order valence-corrected chi connectivity index (χ3v) is 4.08. The van der Waals surface area contributed by atoms with Crippen LogP contribution in [-0.4, -0.2) is 23.2 Å². The minimum atomic E-state index is -0.518. The fourth-order valence-electron chi connectivity index (χ4n) is 2.51. The second kappa shape index (κ2) is 9.17. The second-order valence-electron chi connectivity index (χ2n) is 6.11. The maximum atomic E-state index is 11.1. The van der Waals surface area contributed by atoms with Crippen molar-refractivity contribution in [2.75, 3.05) is 0 Å². The number of carbonyl (C=O) groups excluding carboxylic acids is 1. The van der Waals surface area contributed by atoms with Crippen LogP contribution in [0.2, 0.25) is 0 Å². The summed E-state index contributed by atoms with van der Waals surface area (Å²) in [5, 5.41) is 13.0. The first-order valence-electron chi connectivity index (χ1n) is 8.30. The Bertz CT molecular complexity index is 583. The van der Waals surface area contributed by atoms with Crippen molar-refractivity contribution in [3.8, 4) is 11.8 Å². The highest BCUT2D eigenvalue weighted by molar-refractivity contribution is 5.78. The van der Waals surface area contributed by atoms with Crippen LogP contribution in [0, 0.1) is 17.8 Å². The molecule has 1 amide bonds. The molecule has 3 nitrogen and oxygen atoms in total. The SMILES string of the molecule is C[C@@H](CC#CCCc1ccccc1)[C@H](O)/C=C/[C@H]1CCC(=O)N1. The Labute approximate surface area is 138 Å². The Morgan fingerprint density at radius 2 is 2.13 bits per heavy atom. The monoisotopic (exact) mass is 311 g/mol. The number of aliphatic hydroxyl groups excluding tert-OH is 1. The van der Waals surface area contributed by atoms with Gasteiger partial charge >= 0.3 is 0 Å². The maximum absolute atomic E-state index is 11.1. The summed E-state index contributed by atoms with van der Waals surface area (Å²) in [6.45, 7) is 1.99.